The number of carbonyl (C=O) groups excluding carboxylic acids is 1. The number of alkyl halides is 2. The first-order valence-corrected chi connectivity index (χ1v) is 6.49. The van der Waals surface area contributed by atoms with Crippen molar-refractivity contribution in [3.63, 3.8) is 0 Å². The maximum absolute atomic E-state index is 12.0. The van der Waals surface area contributed by atoms with E-state index < -0.39 is 47.1 Å². The standard InChI is InChI=1S/C10H14Cl2O7/c1-3-17-2-4-7(18-3)10(16,5(13)8(11)12)6(14)9(15)19-4/h3-4,6-9,14-16H,2H2,1H3/t3?,4-,6+,7-,9-,10-/m1/s1. The minimum absolute atomic E-state index is 0.0135. The number of ketones is 1. The molecule has 0 spiro atoms. The van der Waals surface area contributed by atoms with Crippen LogP contribution in [0.15, 0.2) is 0 Å². The van der Waals surface area contributed by atoms with Gasteiger partial charge in [0.1, 0.15) is 18.3 Å². The summed E-state index contributed by atoms with van der Waals surface area (Å²) in [5.41, 5.74) is -2.46. The van der Waals surface area contributed by atoms with Gasteiger partial charge in [-0.15, -0.1) is 0 Å². The van der Waals surface area contributed by atoms with E-state index in [1.54, 1.807) is 6.92 Å². The molecule has 0 aromatic carbocycles. The summed E-state index contributed by atoms with van der Waals surface area (Å²) >= 11 is 10.9. The Labute approximate surface area is 119 Å². The molecular weight excluding hydrogens is 303 g/mol. The summed E-state index contributed by atoms with van der Waals surface area (Å²) in [6, 6.07) is 0. The fraction of sp³-hybridized carbons (Fsp3) is 0.900. The van der Waals surface area contributed by atoms with Crippen LogP contribution in [0.3, 0.4) is 0 Å². The first-order chi connectivity index (χ1) is 8.78. The molecule has 110 valence electrons. The highest BCUT2D eigenvalue weighted by atomic mass is 35.5. The van der Waals surface area contributed by atoms with Crippen LogP contribution in [-0.2, 0) is 19.0 Å². The van der Waals surface area contributed by atoms with Gasteiger partial charge in [0.2, 0.25) is 5.78 Å². The molecule has 0 aromatic heterocycles. The maximum atomic E-state index is 12.0. The van der Waals surface area contributed by atoms with E-state index in [2.05, 4.69) is 0 Å². The van der Waals surface area contributed by atoms with Gasteiger partial charge < -0.3 is 29.5 Å². The van der Waals surface area contributed by atoms with E-state index in [1.807, 2.05) is 0 Å². The van der Waals surface area contributed by atoms with Crippen molar-refractivity contribution in [3.8, 4) is 0 Å². The van der Waals surface area contributed by atoms with Gasteiger partial charge in [0.25, 0.3) is 0 Å². The number of fused-ring (bicyclic) bond motifs is 1. The van der Waals surface area contributed by atoms with Crippen LogP contribution >= 0.6 is 23.2 Å². The van der Waals surface area contributed by atoms with Gasteiger partial charge in [-0.25, -0.2) is 0 Å². The fourth-order valence-electron chi connectivity index (χ4n) is 2.25. The number of rotatable bonds is 2. The van der Waals surface area contributed by atoms with Gasteiger partial charge in [0, 0.05) is 0 Å². The number of carbonyl (C=O) groups is 1. The zero-order valence-electron chi connectivity index (χ0n) is 9.90. The molecule has 2 fully saturated rings. The summed E-state index contributed by atoms with van der Waals surface area (Å²) in [4.78, 5) is 10.4. The fourth-order valence-corrected chi connectivity index (χ4v) is 2.60. The third-order valence-corrected chi connectivity index (χ3v) is 3.63. The molecule has 19 heavy (non-hydrogen) atoms. The normalized spacial score (nSPS) is 47.0. The lowest BCUT2D eigenvalue weighted by Gasteiger charge is -2.50. The second kappa shape index (κ2) is 5.42. The average Bonchev–Trinajstić information content (AvgIpc) is 2.36. The second-order valence-electron chi connectivity index (χ2n) is 4.46. The van der Waals surface area contributed by atoms with Crippen LogP contribution in [0, 0.1) is 0 Å². The van der Waals surface area contributed by atoms with Crippen LogP contribution in [0.1, 0.15) is 6.92 Å². The number of ether oxygens (including phenoxy) is 3. The van der Waals surface area contributed by atoms with E-state index in [4.69, 9.17) is 37.4 Å². The predicted molar refractivity (Wildman–Crippen MR) is 62.6 cm³/mol. The van der Waals surface area contributed by atoms with E-state index in [0.29, 0.717) is 0 Å². The van der Waals surface area contributed by atoms with Crippen molar-refractivity contribution in [3.05, 3.63) is 0 Å². The minimum Gasteiger partial charge on any atom is -0.384 e. The predicted octanol–water partition coefficient (Wildman–Crippen LogP) is -1.07. The lowest BCUT2D eigenvalue weighted by atomic mass is 9.80. The Bertz CT molecular complexity index is 366. The highest BCUT2D eigenvalue weighted by molar-refractivity contribution is 6.54. The molecule has 2 aliphatic heterocycles. The first kappa shape index (κ1) is 15.4. The molecule has 0 radical (unpaired) electrons. The quantitative estimate of drug-likeness (QED) is 0.557. The van der Waals surface area contributed by atoms with Gasteiger partial charge in [-0.2, -0.15) is 0 Å². The zero-order chi connectivity index (χ0) is 14.4. The Morgan fingerprint density at radius 1 is 1.37 bits per heavy atom. The molecule has 6 atom stereocenters. The number of Topliss-reactive ketones (excluding diaryl/α,β-unsaturated/α-hetero) is 1. The van der Waals surface area contributed by atoms with Crippen molar-refractivity contribution in [2.45, 2.75) is 48.3 Å². The number of halogens is 2. The molecule has 0 amide bonds. The minimum atomic E-state index is -2.46. The molecule has 0 saturated carbocycles. The Morgan fingerprint density at radius 2 is 2.00 bits per heavy atom. The Balaban J connectivity index is 2.36. The first-order valence-electron chi connectivity index (χ1n) is 5.62. The molecule has 2 aliphatic rings. The lowest BCUT2D eigenvalue weighted by molar-refractivity contribution is -0.366. The molecule has 0 aromatic rings. The van der Waals surface area contributed by atoms with Gasteiger partial charge in [0.05, 0.1) is 6.61 Å². The van der Waals surface area contributed by atoms with Crippen molar-refractivity contribution in [1.29, 1.82) is 0 Å². The van der Waals surface area contributed by atoms with E-state index >= 15 is 0 Å². The van der Waals surface area contributed by atoms with E-state index in [9.17, 15) is 20.1 Å². The molecule has 1 unspecified atom stereocenters. The molecule has 0 aliphatic carbocycles. The van der Waals surface area contributed by atoms with Crippen LogP contribution in [0.2, 0.25) is 0 Å². The van der Waals surface area contributed by atoms with Gasteiger partial charge in [0.15, 0.2) is 23.0 Å². The summed E-state index contributed by atoms with van der Waals surface area (Å²) in [5, 5.41) is 29.9. The van der Waals surface area contributed by atoms with Gasteiger partial charge in [-0.1, -0.05) is 23.2 Å². The molecule has 2 saturated heterocycles. The number of aliphatic hydroxyl groups is 3. The van der Waals surface area contributed by atoms with Gasteiger partial charge >= 0.3 is 0 Å². The van der Waals surface area contributed by atoms with Crippen molar-refractivity contribution < 1.29 is 34.3 Å². The third-order valence-electron chi connectivity index (χ3n) is 3.23. The van der Waals surface area contributed by atoms with E-state index in [-0.39, 0.29) is 6.61 Å². The lowest BCUT2D eigenvalue weighted by Crippen LogP contribution is -2.73. The van der Waals surface area contributed by atoms with Crippen LogP contribution in [0.4, 0.5) is 0 Å². The van der Waals surface area contributed by atoms with E-state index in [0.717, 1.165) is 0 Å². The van der Waals surface area contributed by atoms with Crippen molar-refractivity contribution >= 4 is 29.0 Å². The number of aliphatic hydroxyl groups excluding tert-OH is 2. The topological polar surface area (TPSA) is 105 Å². The third kappa shape index (κ3) is 2.50. The Kier molecular flexibility index (Phi) is 4.39. The summed E-state index contributed by atoms with van der Waals surface area (Å²) in [7, 11) is 0. The SMILES string of the molecule is CC1OC[C@H]2O[C@@H](O)[C@H](O)[C@](O)(C(=O)C(Cl)Cl)[C@@H]2O1. The van der Waals surface area contributed by atoms with Crippen LogP contribution < -0.4 is 0 Å². The summed E-state index contributed by atoms with van der Waals surface area (Å²) in [6.07, 6.45) is -6.57. The average molecular weight is 317 g/mol. The van der Waals surface area contributed by atoms with Crippen LogP contribution in [0.5, 0.6) is 0 Å². The molecule has 9 heteroatoms. The molecule has 7 nitrogen and oxygen atoms in total. The number of hydrogen-bond acceptors (Lipinski definition) is 7. The second-order valence-corrected chi connectivity index (χ2v) is 5.55. The molecule has 2 heterocycles. The highest BCUT2D eigenvalue weighted by Gasteiger charge is 2.62. The van der Waals surface area contributed by atoms with Crippen molar-refractivity contribution in [2.24, 2.45) is 0 Å². The maximum Gasteiger partial charge on any atom is 0.202 e. The molecular formula is C10H14Cl2O7. The van der Waals surface area contributed by atoms with E-state index in [1.165, 1.54) is 0 Å². The van der Waals surface area contributed by atoms with Crippen molar-refractivity contribution in [1.82, 2.24) is 0 Å². The van der Waals surface area contributed by atoms with Crippen LogP contribution in [-0.4, -0.2) is 69.0 Å². The monoisotopic (exact) mass is 316 g/mol. The van der Waals surface area contributed by atoms with Gasteiger partial charge in [-0.3, -0.25) is 4.79 Å². The Morgan fingerprint density at radius 3 is 2.58 bits per heavy atom. The molecule has 0 bridgehead atoms. The largest absolute Gasteiger partial charge is 0.384 e. The molecule has 2 rings (SSSR count). The highest BCUT2D eigenvalue weighted by Crippen LogP contribution is 2.37. The molecule has 3 N–H and O–H groups in total. The number of hydrogen-bond donors (Lipinski definition) is 3. The summed E-state index contributed by atoms with van der Waals surface area (Å²) in [5.74, 6) is -1.06. The summed E-state index contributed by atoms with van der Waals surface area (Å²) < 4.78 is 15.5. The smallest absolute Gasteiger partial charge is 0.202 e. The summed E-state index contributed by atoms with van der Waals surface area (Å²) in [6.45, 7) is 1.54. The van der Waals surface area contributed by atoms with Gasteiger partial charge in [-0.05, 0) is 6.92 Å². The van der Waals surface area contributed by atoms with Crippen molar-refractivity contribution in [2.75, 3.05) is 6.61 Å². The zero-order valence-corrected chi connectivity index (χ0v) is 11.4. The van der Waals surface area contributed by atoms with Crippen LogP contribution in [0.25, 0.3) is 0 Å². The Hall–Kier alpha value is 0.01000.